The van der Waals surface area contributed by atoms with Crippen LogP contribution in [0.1, 0.15) is 57.2 Å². The van der Waals surface area contributed by atoms with Crippen LogP contribution in [0, 0.1) is 22.7 Å². The zero-order valence-corrected chi connectivity index (χ0v) is 11.8. The van der Waals surface area contributed by atoms with Crippen molar-refractivity contribution in [3.05, 3.63) is 18.0 Å². The molecule has 1 saturated carbocycles. The van der Waals surface area contributed by atoms with Crippen molar-refractivity contribution in [2.24, 2.45) is 18.4 Å². The molecule has 1 atom stereocenters. The minimum Gasteiger partial charge on any atom is -0.385 e. The van der Waals surface area contributed by atoms with E-state index in [1.54, 1.807) is 10.9 Å². The van der Waals surface area contributed by atoms with Gasteiger partial charge in [-0.25, -0.2) is 0 Å². The first-order valence-corrected chi connectivity index (χ1v) is 7.20. The molecule has 1 aliphatic rings. The summed E-state index contributed by atoms with van der Waals surface area (Å²) in [5.74, 6) is 0.727. The number of aliphatic hydroxyl groups excluding tert-OH is 1. The van der Waals surface area contributed by atoms with Gasteiger partial charge in [0.1, 0.15) is 6.10 Å². The van der Waals surface area contributed by atoms with Crippen LogP contribution >= 0.6 is 0 Å². The fraction of sp³-hybridized carbons (Fsp3) is 0.733. The predicted octanol–water partition coefficient (Wildman–Crippen LogP) is 2.95. The van der Waals surface area contributed by atoms with Crippen LogP contribution in [0.15, 0.2) is 12.3 Å². The SMILES string of the molecule is CCCC1CCC(C#N)(C(O)c2ccnn2C)CC1. The monoisotopic (exact) mass is 261 g/mol. The molecule has 1 aliphatic carbocycles. The molecule has 104 valence electrons. The van der Waals surface area contributed by atoms with E-state index in [0.717, 1.165) is 37.3 Å². The highest BCUT2D eigenvalue weighted by Gasteiger charge is 2.43. The Hall–Kier alpha value is -1.34. The lowest BCUT2D eigenvalue weighted by atomic mass is 9.67. The number of hydrogen-bond acceptors (Lipinski definition) is 3. The second-order valence-corrected chi connectivity index (χ2v) is 5.78. The van der Waals surface area contributed by atoms with Gasteiger partial charge in [0.05, 0.1) is 17.2 Å². The van der Waals surface area contributed by atoms with Crippen molar-refractivity contribution >= 4 is 0 Å². The first-order valence-electron chi connectivity index (χ1n) is 7.20. The van der Waals surface area contributed by atoms with Crippen LogP contribution in [-0.4, -0.2) is 14.9 Å². The molecule has 0 aromatic carbocycles. The molecule has 0 amide bonds. The first-order chi connectivity index (χ1) is 9.13. The molecule has 2 rings (SSSR count). The number of aliphatic hydroxyl groups is 1. The third-order valence-corrected chi connectivity index (χ3v) is 4.58. The lowest BCUT2D eigenvalue weighted by molar-refractivity contribution is 0.0182. The van der Waals surface area contributed by atoms with E-state index in [2.05, 4.69) is 18.1 Å². The summed E-state index contributed by atoms with van der Waals surface area (Å²) < 4.78 is 1.67. The van der Waals surface area contributed by atoms with Gasteiger partial charge in [-0.15, -0.1) is 0 Å². The van der Waals surface area contributed by atoms with E-state index in [4.69, 9.17) is 0 Å². The van der Waals surface area contributed by atoms with Crippen molar-refractivity contribution in [1.29, 1.82) is 5.26 Å². The van der Waals surface area contributed by atoms with E-state index in [0.29, 0.717) is 0 Å². The van der Waals surface area contributed by atoms with Gasteiger partial charge in [-0.1, -0.05) is 19.8 Å². The van der Waals surface area contributed by atoms with Crippen molar-refractivity contribution in [3.8, 4) is 6.07 Å². The average Bonchev–Trinajstić information content (AvgIpc) is 2.85. The summed E-state index contributed by atoms with van der Waals surface area (Å²) in [7, 11) is 1.81. The Bertz CT molecular complexity index is 452. The fourth-order valence-electron chi connectivity index (χ4n) is 3.27. The van der Waals surface area contributed by atoms with Gasteiger partial charge in [0, 0.05) is 13.2 Å². The Kier molecular flexibility index (Phi) is 4.26. The van der Waals surface area contributed by atoms with E-state index in [1.165, 1.54) is 12.8 Å². The van der Waals surface area contributed by atoms with Crippen LogP contribution in [0.25, 0.3) is 0 Å². The van der Waals surface area contributed by atoms with Crippen LogP contribution in [0.2, 0.25) is 0 Å². The molecule has 0 radical (unpaired) electrons. The summed E-state index contributed by atoms with van der Waals surface area (Å²) in [6.07, 6.45) is 7.07. The van der Waals surface area contributed by atoms with Gasteiger partial charge in [0.25, 0.3) is 0 Å². The molecule has 4 nitrogen and oxygen atoms in total. The molecule has 4 heteroatoms. The van der Waals surface area contributed by atoms with Crippen molar-refractivity contribution in [1.82, 2.24) is 9.78 Å². The lowest BCUT2D eigenvalue weighted by Gasteiger charge is -2.38. The topological polar surface area (TPSA) is 61.8 Å². The minimum absolute atomic E-state index is 0.627. The third-order valence-electron chi connectivity index (χ3n) is 4.58. The van der Waals surface area contributed by atoms with Crippen LogP contribution in [-0.2, 0) is 7.05 Å². The largest absolute Gasteiger partial charge is 0.385 e. The smallest absolute Gasteiger partial charge is 0.114 e. The maximum atomic E-state index is 10.6. The maximum Gasteiger partial charge on any atom is 0.114 e. The van der Waals surface area contributed by atoms with Gasteiger partial charge in [-0.3, -0.25) is 4.68 Å². The van der Waals surface area contributed by atoms with E-state index in [1.807, 2.05) is 13.1 Å². The summed E-state index contributed by atoms with van der Waals surface area (Å²) in [4.78, 5) is 0. The molecule has 1 heterocycles. The number of nitrogens with zero attached hydrogens (tertiary/aromatic N) is 3. The number of aromatic nitrogens is 2. The number of hydrogen-bond donors (Lipinski definition) is 1. The highest BCUT2D eigenvalue weighted by Crippen LogP contribution is 2.47. The summed E-state index contributed by atoms with van der Waals surface area (Å²) in [6, 6.07) is 4.21. The van der Waals surface area contributed by atoms with Gasteiger partial charge >= 0.3 is 0 Å². The summed E-state index contributed by atoms with van der Waals surface area (Å²) in [5.41, 5.74) is 0.119. The lowest BCUT2D eigenvalue weighted by Crippen LogP contribution is -2.33. The highest BCUT2D eigenvalue weighted by atomic mass is 16.3. The quantitative estimate of drug-likeness (QED) is 0.906. The molecule has 1 unspecified atom stereocenters. The molecule has 0 saturated heterocycles. The van der Waals surface area contributed by atoms with E-state index < -0.39 is 11.5 Å². The van der Waals surface area contributed by atoms with E-state index in [9.17, 15) is 10.4 Å². The van der Waals surface area contributed by atoms with Crippen LogP contribution < -0.4 is 0 Å². The number of rotatable bonds is 4. The predicted molar refractivity (Wildman–Crippen MR) is 73.1 cm³/mol. The second-order valence-electron chi connectivity index (χ2n) is 5.78. The van der Waals surface area contributed by atoms with Crippen LogP contribution in [0.5, 0.6) is 0 Å². The van der Waals surface area contributed by atoms with Crippen LogP contribution in [0.3, 0.4) is 0 Å². The first kappa shape index (κ1) is 14.1. The molecule has 0 aliphatic heterocycles. The number of aryl methyl sites for hydroxylation is 1. The zero-order valence-electron chi connectivity index (χ0n) is 11.8. The van der Waals surface area contributed by atoms with Gasteiger partial charge in [0.2, 0.25) is 0 Å². The maximum absolute atomic E-state index is 10.6. The van der Waals surface area contributed by atoms with Gasteiger partial charge < -0.3 is 5.11 Å². The van der Waals surface area contributed by atoms with E-state index >= 15 is 0 Å². The van der Waals surface area contributed by atoms with Crippen molar-refractivity contribution < 1.29 is 5.11 Å². The van der Waals surface area contributed by atoms with Crippen molar-refractivity contribution in [3.63, 3.8) is 0 Å². The Morgan fingerprint density at radius 2 is 2.26 bits per heavy atom. The Morgan fingerprint density at radius 1 is 1.58 bits per heavy atom. The molecule has 1 aromatic rings. The zero-order chi connectivity index (χ0) is 13.9. The third kappa shape index (κ3) is 2.66. The highest BCUT2D eigenvalue weighted by molar-refractivity contribution is 5.16. The minimum atomic E-state index is -0.729. The van der Waals surface area contributed by atoms with E-state index in [-0.39, 0.29) is 0 Å². The van der Waals surface area contributed by atoms with Crippen molar-refractivity contribution in [2.45, 2.75) is 51.6 Å². The van der Waals surface area contributed by atoms with Crippen molar-refractivity contribution in [2.75, 3.05) is 0 Å². The van der Waals surface area contributed by atoms with Gasteiger partial charge in [-0.05, 0) is 37.7 Å². The average molecular weight is 261 g/mol. The summed E-state index contributed by atoms with van der Waals surface area (Å²) in [5, 5.41) is 24.3. The number of nitriles is 1. The normalized spacial score (nSPS) is 28.8. The molecule has 19 heavy (non-hydrogen) atoms. The van der Waals surface area contributed by atoms with Crippen LogP contribution in [0.4, 0.5) is 0 Å². The standard InChI is InChI=1S/C15H23N3O/c1-3-4-12-5-8-15(11-16,9-6-12)14(19)13-7-10-17-18(13)2/h7,10,12,14,19H,3-6,8-9H2,1-2H3. The molecule has 1 N–H and O–H groups in total. The molecule has 1 fully saturated rings. The Balaban J connectivity index is 2.13. The molecule has 1 aromatic heterocycles. The fourth-order valence-corrected chi connectivity index (χ4v) is 3.27. The Morgan fingerprint density at radius 3 is 2.74 bits per heavy atom. The molecule has 0 spiro atoms. The second kappa shape index (κ2) is 5.75. The molecule has 0 bridgehead atoms. The van der Waals surface area contributed by atoms with Gasteiger partial charge in [-0.2, -0.15) is 10.4 Å². The molecular weight excluding hydrogens is 238 g/mol. The summed E-state index contributed by atoms with van der Waals surface area (Å²) in [6.45, 7) is 2.20. The molecular formula is C15H23N3O. The summed E-state index contributed by atoms with van der Waals surface area (Å²) >= 11 is 0. The van der Waals surface area contributed by atoms with Gasteiger partial charge in [0.15, 0.2) is 0 Å². The Labute approximate surface area is 115 Å².